The van der Waals surface area contributed by atoms with Gasteiger partial charge in [0.25, 0.3) is 5.91 Å². The molecule has 1 heterocycles. The zero-order chi connectivity index (χ0) is 21.4. The van der Waals surface area contributed by atoms with Crippen LogP contribution < -0.4 is 15.7 Å². The Hall–Kier alpha value is -3.02. The van der Waals surface area contributed by atoms with Crippen LogP contribution in [0, 0.1) is 13.8 Å². The van der Waals surface area contributed by atoms with Crippen LogP contribution in [0.2, 0.25) is 10.0 Å². The summed E-state index contributed by atoms with van der Waals surface area (Å²) < 4.78 is 11.2. The molecule has 0 aliphatic rings. The molecule has 1 amide bonds. The van der Waals surface area contributed by atoms with E-state index in [2.05, 4.69) is 5.32 Å². The minimum Gasteiger partial charge on any atom is -0.483 e. The second-order valence-corrected chi connectivity index (χ2v) is 7.68. The highest BCUT2D eigenvalue weighted by molar-refractivity contribution is 6.40. The summed E-state index contributed by atoms with van der Waals surface area (Å²) in [5, 5.41) is 5.53. The standard InChI is InChI=1S/C23H17Cl2NO4/c1-12-7-9-17(24)21(20(12)25)26-19(27)11-29-18-10-8-15-14-5-3-4-6-16(14)23(28)30-22(15)13(18)2/h3-10H,11H2,1-2H3,(H,26,27). The molecule has 7 heteroatoms. The van der Waals surface area contributed by atoms with Crippen molar-refractivity contribution in [3.8, 4) is 5.75 Å². The topological polar surface area (TPSA) is 68.5 Å². The molecule has 0 aliphatic heterocycles. The summed E-state index contributed by atoms with van der Waals surface area (Å²) in [4.78, 5) is 24.7. The summed E-state index contributed by atoms with van der Waals surface area (Å²) >= 11 is 12.4. The van der Waals surface area contributed by atoms with Crippen molar-refractivity contribution >= 4 is 56.5 Å². The first-order valence-corrected chi connectivity index (χ1v) is 9.95. The molecular formula is C23H17Cl2NO4. The summed E-state index contributed by atoms with van der Waals surface area (Å²) in [6.07, 6.45) is 0. The average Bonchev–Trinajstić information content (AvgIpc) is 2.74. The van der Waals surface area contributed by atoms with Crippen LogP contribution in [0.1, 0.15) is 11.1 Å². The summed E-state index contributed by atoms with van der Waals surface area (Å²) in [7, 11) is 0. The van der Waals surface area contributed by atoms with Crippen molar-refractivity contribution in [2.24, 2.45) is 0 Å². The van der Waals surface area contributed by atoms with E-state index in [9.17, 15) is 9.59 Å². The summed E-state index contributed by atoms with van der Waals surface area (Å²) in [5.74, 6) is 0.0291. The Morgan fingerprint density at radius 3 is 2.50 bits per heavy atom. The van der Waals surface area contributed by atoms with Gasteiger partial charge in [0.05, 0.1) is 21.1 Å². The van der Waals surface area contributed by atoms with Crippen molar-refractivity contribution in [3.63, 3.8) is 0 Å². The number of nitrogens with one attached hydrogen (secondary N) is 1. The first-order valence-electron chi connectivity index (χ1n) is 9.19. The van der Waals surface area contributed by atoms with Crippen molar-refractivity contribution < 1.29 is 13.9 Å². The number of benzene rings is 3. The number of carbonyl (C=O) groups excluding carboxylic acids is 1. The van der Waals surface area contributed by atoms with Crippen LogP contribution in [-0.4, -0.2) is 12.5 Å². The van der Waals surface area contributed by atoms with Gasteiger partial charge < -0.3 is 14.5 Å². The molecule has 1 aromatic heterocycles. The number of hydrogen-bond acceptors (Lipinski definition) is 4. The van der Waals surface area contributed by atoms with Crippen LogP contribution in [0.25, 0.3) is 21.7 Å². The van der Waals surface area contributed by atoms with E-state index in [4.69, 9.17) is 32.4 Å². The molecule has 30 heavy (non-hydrogen) atoms. The first kappa shape index (κ1) is 20.3. The van der Waals surface area contributed by atoms with Crippen molar-refractivity contribution in [2.45, 2.75) is 13.8 Å². The number of anilines is 1. The maximum absolute atomic E-state index is 12.4. The van der Waals surface area contributed by atoms with Crippen molar-refractivity contribution in [1.29, 1.82) is 0 Å². The SMILES string of the molecule is Cc1ccc(Cl)c(NC(=O)COc2ccc3c(oc(=O)c4ccccc43)c2C)c1Cl. The van der Waals surface area contributed by atoms with Gasteiger partial charge in [-0.1, -0.05) is 47.5 Å². The van der Waals surface area contributed by atoms with Gasteiger partial charge in [0.1, 0.15) is 11.3 Å². The van der Waals surface area contributed by atoms with Crippen LogP contribution in [-0.2, 0) is 4.79 Å². The van der Waals surface area contributed by atoms with E-state index in [1.165, 1.54) is 0 Å². The second kappa shape index (κ2) is 8.01. The monoisotopic (exact) mass is 441 g/mol. The highest BCUT2D eigenvalue weighted by atomic mass is 35.5. The second-order valence-electron chi connectivity index (χ2n) is 6.89. The Kier molecular flexibility index (Phi) is 5.41. The van der Waals surface area contributed by atoms with E-state index in [1.54, 1.807) is 37.3 Å². The summed E-state index contributed by atoms with van der Waals surface area (Å²) in [6, 6.07) is 14.3. The van der Waals surface area contributed by atoms with Crippen molar-refractivity contribution in [1.82, 2.24) is 0 Å². The Labute approximate surface area is 182 Å². The van der Waals surface area contributed by atoms with Crippen LogP contribution in [0.15, 0.2) is 57.7 Å². The van der Waals surface area contributed by atoms with Gasteiger partial charge >= 0.3 is 5.63 Å². The molecule has 1 N–H and O–H groups in total. The Morgan fingerprint density at radius 2 is 1.73 bits per heavy atom. The van der Waals surface area contributed by atoms with Gasteiger partial charge in [-0.15, -0.1) is 0 Å². The zero-order valence-corrected chi connectivity index (χ0v) is 17.7. The lowest BCUT2D eigenvalue weighted by molar-refractivity contribution is -0.118. The molecule has 0 saturated carbocycles. The van der Waals surface area contributed by atoms with Gasteiger partial charge in [-0.25, -0.2) is 4.79 Å². The van der Waals surface area contributed by atoms with E-state index in [-0.39, 0.29) is 6.61 Å². The quantitative estimate of drug-likeness (QED) is 0.316. The third kappa shape index (κ3) is 3.62. The van der Waals surface area contributed by atoms with Crippen molar-refractivity contribution in [3.05, 3.63) is 80.1 Å². The van der Waals surface area contributed by atoms with E-state index in [0.717, 1.165) is 16.3 Å². The normalized spacial score (nSPS) is 11.1. The molecule has 0 fully saturated rings. The molecule has 4 rings (SSSR count). The lowest BCUT2D eigenvalue weighted by Crippen LogP contribution is -2.21. The summed E-state index contributed by atoms with van der Waals surface area (Å²) in [5.41, 5.74) is 1.79. The van der Waals surface area contributed by atoms with Crippen LogP contribution in [0.3, 0.4) is 0 Å². The minimum absolute atomic E-state index is 0.259. The number of amides is 1. The summed E-state index contributed by atoms with van der Waals surface area (Å²) in [6.45, 7) is 3.34. The van der Waals surface area contributed by atoms with Gasteiger partial charge in [0.15, 0.2) is 6.61 Å². The lowest BCUT2D eigenvalue weighted by Gasteiger charge is -2.13. The molecule has 0 spiro atoms. The fourth-order valence-corrected chi connectivity index (χ4v) is 3.77. The maximum atomic E-state index is 12.4. The number of rotatable bonds is 4. The number of carbonyl (C=O) groups is 1. The number of aryl methyl sites for hydroxylation is 2. The smallest absolute Gasteiger partial charge is 0.344 e. The molecule has 3 aromatic carbocycles. The van der Waals surface area contributed by atoms with E-state index in [1.807, 2.05) is 25.1 Å². The third-order valence-electron chi connectivity index (χ3n) is 4.90. The fourth-order valence-electron chi connectivity index (χ4n) is 3.31. The molecular weight excluding hydrogens is 425 g/mol. The molecule has 152 valence electrons. The number of ether oxygens (including phenoxy) is 1. The molecule has 0 bridgehead atoms. The Bertz CT molecular complexity index is 1360. The molecule has 0 radical (unpaired) electrons. The predicted molar refractivity (Wildman–Crippen MR) is 120 cm³/mol. The van der Waals surface area contributed by atoms with Gasteiger partial charge in [0, 0.05) is 10.9 Å². The Balaban J connectivity index is 1.60. The van der Waals surface area contributed by atoms with Crippen LogP contribution >= 0.6 is 23.2 Å². The van der Waals surface area contributed by atoms with Gasteiger partial charge in [-0.2, -0.15) is 0 Å². The highest BCUT2D eigenvalue weighted by Crippen LogP contribution is 2.33. The number of fused-ring (bicyclic) bond motifs is 3. The molecule has 0 saturated heterocycles. The molecule has 0 aliphatic carbocycles. The Morgan fingerprint density at radius 1 is 1.00 bits per heavy atom. The maximum Gasteiger partial charge on any atom is 0.344 e. The minimum atomic E-state index is -0.417. The molecule has 0 unspecified atom stereocenters. The lowest BCUT2D eigenvalue weighted by atomic mass is 10.0. The van der Waals surface area contributed by atoms with Crippen molar-refractivity contribution in [2.75, 3.05) is 11.9 Å². The van der Waals surface area contributed by atoms with Crippen LogP contribution in [0.5, 0.6) is 5.75 Å². The van der Waals surface area contributed by atoms with E-state index < -0.39 is 11.5 Å². The first-order chi connectivity index (χ1) is 14.4. The average molecular weight is 442 g/mol. The van der Waals surface area contributed by atoms with E-state index in [0.29, 0.717) is 38.0 Å². The van der Waals surface area contributed by atoms with Gasteiger partial charge in [-0.05, 0) is 49.1 Å². The van der Waals surface area contributed by atoms with Gasteiger partial charge in [-0.3, -0.25) is 4.79 Å². The number of halogens is 2. The highest BCUT2D eigenvalue weighted by Gasteiger charge is 2.15. The van der Waals surface area contributed by atoms with Crippen LogP contribution in [0.4, 0.5) is 5.69 Å². The van der Waals surface area contributed by atoms with E-state index >= 15 is 0 Å². The predicted octanol–water partition coefficient (Wildman–Crippen LogP) is 5.89. The number of hydrogen-bond donors (Lipinski definition) is 1. The fraction of sp³-hybridized carbons (Fsp3) is 0.130. The third-order valence-corrected chi connectivity index (χ3v) is 5.70. The zero-order valence-electron chi connectivity index (χ0n) is 16.2. The molecule has 0 atom stereocenters. The largest absolute Gasteiger partial charge is 0.483 e. The molecule has 5 nitrogen and oxygen atoms in total. The molecule has 4 aromatic rings. The van der Waals surface area contributed by atoms with Gasteiger partial charge in [0.2, 0.25) is 0 Å².